The number of carboxylic acid groups (broad SMARTS) is 2. The van der Waals surface area contributed by atoms with Crippen LogP contribution in [0.1, 0.15) is 35.9 Å². The number of carbonyl (C=O) groups is 3. The quantitative estimate of drug-likeness (QED) is 0.0779. The van der Waals surface area contributed by atoms with Crippen molar-refractivity contribution in [2.45, 2.75) is 40.8 Å². The number of aryl methyl sites for hydroxylation is 4. The number of ketones is 1. The van der Waals surface area contributed by atoms with Crippen LogP contribution in [0.3, 0.4) is 0 Å². The van der Waals surface area contributed by atoms with Crippen LogP contribution < -0.4 is 31.7 Å². The third-order valence-corrected chi connectivity index (χ3v) is 8.97. The predicted octanol–water partition coefficient (Wildman–Crippen LogP) is 3.88. The molecule has 0 unspecified atom stereocenters. The topological polar surface area (TPSA) is 172 Å². The summed E-state index contributed by atoms with van der Waals surface area (Å²) in [4.78, 5) is 37.4. The molecule has 0 bridgehead atoms. The standard InChI is InChI=1S/C18H15P.C12H16N4O2.C3H4O3.CH2Cl2.BF4.NO.Ru/c1-4-10-16(11-5-1)19(17-12-6-2-7-13-17)18-14-8-3-9-15-18;1-7-5-9(3)15(13-7)11(12(17)18)16-10(4)6-8(2)14-16;1-2(4)3(5)6;2-1-3;2-1(3,4)5;1-2;/h1-15H;5-6,11H,1-4H3,(H,17,18);1H3,(H,5,6);1H2;;;/q;;;;-1;;+3/p-1. The van der Waals surface area contributed by atoms with Gasteiger partial charge in [0.05, 0.1) is 30.6 Å². The second-order valence-electron chi connectivity index (χ2n) is 10.3. The van der Waals surface area contributed by atoms with Crippen LogP contribution in [0.2, 0.25) is 0 Å². The monoisotopic (exact) mass is 900 g/mol. The first-order valence-electron chi connectivity index (χ1n) is 15.1. The molecule has 20 heteroatoms. The van der Waals surface area contributed by atoms with Gasteiger partial charge in [-0.05, 0) is 76.2 Å². The Hall–Kier alpha value is -4.29. The van der Waals surface area contributed by atoms with Gasteiger partial charge in [0.25, 0.3) is 0 Å². The van der Waals surface area contributed by atoms with Crippen molar-refractivity contribution in [2.24, 2.45) is 0 Å². The minimum atomic E-state index is -6.00. The molecule has 2 heterocycles. The van der Waals surface area contributed by atoms with Crippen molar-refractivity contribution in [2.75, 3.05) is 5.34 Å². The van der Waals surface area contributed by atoms with Crippen molar-refractivity contribution < 1.29 is 61.3 Å². The van der Waals surface area contributed by atoms with E-state index in [0.29, 0.717) is 0 Å². The van der Waals surface area contributed by atoms with Gasteiger partial charge in [0.2, 0.25) is 0 Å². The molecule has 0 saturated carbocycles. The number of rotatable bonds is 7. The number of halogens is 6. The number of carbonyl (C=O) groups excluding carboxylic acids is 3. The molecule has 11 nitrogen and oxygen atoms in total. The normalized spacial score (nSPS) is 9.80. The molecule has 0 N–H and O–H groups in total. The summed E-state index contributed by atoms with van der Waals surface area (Å²) in [5.41, 5.74) is 8.80. The Bertz CT molecular complexity index is 1670. The van der Waals surface area contributed by atoms with Crippen LogP contribution in [0.25, 0.3) is 0 Å². The Labute approximate surface area is 334 Å². The molecule has 2 radical (unpaired) electrons. The molecule has 0 aliphatic rings. The zero-order valence-corrected chi connectivity index (χ0v) is 33.7. The smallest absolute Gasteiger partial charge is 0.546 e. The molecule has 0 spiro atoms. The van der Waals surface area contributed by atoms with E-state index in [9.17, 15) is 41.9 Å². The van der Waals surface area contributed by atoms with Crippen LogP contribution >= 0.6 is 31.1 Å². The third-order valence-electron chi connectivity index (χ3n) is 6.24. The molecule has 0 amide bonds. The number of hydrogen-bond acceptors (Lipinski definition) is 8. The predicted molar refractivity (Wildman–Crippen MR) is 197 cm³/mol. The molecule has 5 rings (SSSR count). The van der Waals surface area contributed by atoms with Crippen LogP contribution in [0.4, 0.5) is 17.3 Å². The summed E-state index contributed by atoms with van der Waals surface area (Å²) in [5, 5.41) is 33.5. The van der Waals surface area contributed by atoms with Gasteiger partial charge in [0.15, 0.2) is 11.9 Å². The van der Waals surface area contributed by atoms with Gasteiger partial charge < -0.3 is 37.1 Å². The number of hydrogen-bond donors (Lipinski definition) is 0. The van der Waals surface area contributed by atoms with Crippen LogP contribution in [0, 0.1) is 32.6 Å². The molecule has 5 aromatic rings. The summed E-state index contributed by atoms with van der Waals surface area (Å²) in [6.07, 6.45) is -1.05. The summed E-state index contributed by atoms with van der Waals surface area (Å²) >= 11 is 9.53. The van der Waals surface area contributed by atoms with Crippen molar-refractivity contribution in [1.29, 1.82) is 0 Å². The molecule has 0 fully saturated rings. The Balaban J connectivity index is 0. The molecular weight excluding hydrogens is 864 g/mol. The zero-order valence-electron chi connectivity index (χ0n) is 29.5. The molecule has 0 aliphatic carbocycles. The van der Waals surface area contributed by atoms with E-state index in [-0.39, 0.29) is 24.8 Å². The van der Waals surface area contributed by atoms with E-state index in [1.165, 1.54) is 25.3 Å². The first-order chi connectivity index (χ1) is 24.9. The number of Topliss-reactive ketones (excluding diaryl/α,β-unsaturated/α-hetero) is 1. The summed E-state index contributed by atoms with van der Waals surface area (Å²) in [7, 11) is -6.88. The van der Waals surface area contributed by atoms with Crippen molar-refractivity contribution in [1.82, 2.24) is 25.2 Å². The van der Waals surface area contributed by atoms with Gasteiger partial charge in [-0.1, -0.05) is 54.6 Å². The first kappa shape index (κ1) is 51.8. The first-order valence-corrected chi connectivity index (χ1v) is 17.7. The van der Waals surface area contributed by atoms with Gasteiger partial charge in [-0.25, -0.2) is 9.36 Å². The fourth-order valence-corrected chi connectivity index (χ4v) is 6.98. The number of alkyl halides is 2. The number of nitrogens with zero attached hydrogens (tertiary/aromatic N) is 5. The van der Waals surface area contributed by atoms with Gasteiger partial charge in [-0.2, -0.15) is 10.2 Å². The maximum atomic E-state index is 11.4. The summed E-state index contributed by atoms with van der Waals surface area (Å²) in [5.74, 6) is -3.79. The van der Waals surface area contributed by atoms with Crippen LogP contribution in [-0.4, -0.2) is 49.9 Å². The van der Waals surface area contributed by atoms with Crippen molar-refractivity contribution in [3.8, 4) is 0 Å². The Kier molecular flexibility index (Phi) is 26.2. The number of nitroso groups, excluding NO2 is 1. The maximum Gasteiger partial charge on any atom is 3.00 e. The number of carboxylic acids is 2. The average Bonchev–Trinajstić information content (AvgIpc) is 3.61. The number of aromatic nitrogens is 4. The zero-order chi connectivity index (χ0) is 40.7. The van der Waals surface area contributed by atoms with E-state index in [1.807, 2.05) is 39.8 Å². The fourth-order valence-electron chi connectivity index (χ4n) is 4.41. The Morgan fingerprint density at radius 1 is 0.704 bits per heavy atom. The second-order valence-corrected chi connectivity index (χ2v) is 13.6. The number of aliphatic carboxylic acids is 2. The maximum absolute atomic E-state index is 11.4. The summed E-state index contributed by atoms with van der Waals surface area (Å²) in [6.45, 7) is 8.19. The SMILES string of the molecule is CC(=O)C(=O)[O-].Cc1cc(C)n(C(C(=O)[O-])n2nc(C)cc2C)n1.ClCCl.F[B-](F)(F)F.[N]=O.[Ru+3].c1ccc([PH+](c2ccccc2)c2ccccc2)cc1. The van der Waals surface area contributed by atoms with Crippen molar-refractivity contribution in [3.05, 3.63) is 131 Å². The van der Waals surface area contributed by atoms with Crippen LogP contribution in [-0.2, 0) is 33.9 Å². The van der Waals surface area contributed by atoms with Gasteiger partial charge in [-0.3, -0.25) is 4.79 Å². The summed E-state index contributed by atoms with van der Waals surface area (Å²) in [6, 6.07) is 36.1. The van der Waals surface area contributed by atoms with Gasteiger partial charge >= 0.3 is 26.7 Å². The Morgan fingerprint density at radius 3 is 1.11 bits per heavy atom. The van der Waals surface area contributed by atoms with Gasteiger partial charge in [0, 0.05) is 18.3 Å². The molecule has 0 atom stereocenters. The minimum absolute atomic E-state index is 0. The number of benzene rings is 3. The fraction of sp³-hybridized carbons (Fsp3) is 0.206. The molecule has 0 saturated heterocycles. The van der Waals surface area contributed by atoms with Gasteiger partial charge in [-0.15, -0.1) is 28.1 Å². The molecule has 290 valence electrons. The van der Waals surface area contributed by atoms with E-state index < -0.39 is 39.1 Å². The van der Waals surface area contributed by atoms with E-state index in [1.54, 1.807) is 0 Å². The van der Waals surface area contributed by atoms with E-state index in [4.69, 9.17) is 33.7 Å². The van der Waals surface area contributed by atoms with E-state index >= 15 is 0 Å². The molecule has 0 aliphatic heterocycles. The molecule has 54 heavy (non-hydrogen) atoms. The third kappa shape index (κ3) is 20.2. The molecule has 3 aromatic carbocycles. The summed E-state index contributed by atoms with van der Waals surface area (Å²) < 4.78 is 41.8. The second kappa shape index (κ2) is 27.3. The van der Waals surface area contributed by atoms with Crippen LogP contribution in [0.5, 0.6) is 0 Å². The molecule has 2 aromatic heterocycles. The van der Waals surface area contributed by atoms with Crippen LogP contribution in [0.15, 0.2) is 103 Å². The van der Waals surface area contributed by atoms with E-state index in [0.717, 1.165) is 29.7 Å². The van der Waals surface area contributed by atoms with Gasteiger partial charge in [0.1, 0.15) is 27.5 Å². The average molecular weight is 900 g/mol. The minimum Gasteiger partial charge on any atom is -0.546 e. The largest absolute Gasteiger partial charge is 3.00 e. The van der Waals surface area contributed by atoms with E-state index in [2.05, 4.69) is 101 Å². The molecular formula is C34H36BCl2F4N5O6PRu+. The van der Waals surface area contributed by atoms with Crippen molar-refractivity contribution >= 4 is 72.0 Å². The van der Waals surface area contributed by atoms with Crippen molar-refractivity contribution in [3.63, 3.8) is 0 Å². The Morgan fingerprint density at radius 2 is 0.944 bits per heavy atom.